The Labute approximate surface area is 367 Å². The topological polar surface area (TPSA) is 54.7 Å². The Hall–Kier alpha value is -8.08. The number of allylic oxidation sites excluding steroid dienone is 5. The van der Waals surface area contributed by atoms with E-state index < -0.39 is 0 Å². The maximum absolute atomic E-state index is 13.8. The fraction of sp³-hybridized carbons (Fsp3) is 0.0508. The Balaban J connectivity index is 1.05. The van der Waals surface area contributed by atoms with E-state index in [0.29, 0.717) is 18.7 Å². The number of amidine groups is 1. The van der Waals surface area contributed by atoms with E-state index >= 15 is 0 Å². The van der Waals surface area contributed by atoms with E-state index in [-0.39, 0.29) is 12.2 Å². The molecule has 0 amide bonds. The van der Waals surface area contributed by atoms with Gasteiger partial charge in [0.05, 0.1) is 22.6 Å². The Bertz CT molecular complexity index is 3310. The molecule has 0 saturated carbocycles. The summed E-state index contributed by atoms with van der Waals surface area (Å²) in [7, 11) is 0. The molecule has 2 heterocycles. The van der Waals surface area contributed by atoms with Gasteiger partial charge in [-0.25, -0.2) is 15.0 Å². The van der Waals surface area contributed by atoms with Gasteiger partial charge in [0.1, 0.15) is 0 Å². The first-order chi connectivity index (χ1) is 31.0. The summed E-state index contributed by atoms with van der Waals surface area (Å²) in [5, 5.41) is 1.03. The average molecular weight is 808 g/mol. The number of pyridine rings is 1. The maximum atomic E-state index is 13.8. The van der Waals surface area contributed by atoms with Crippen LogP contribution in [0.5, 0.6) is 0 Å². The lowest BCUT2D eigenvalue weighted by Crippen LogP contribution is -2.10. The van der Waals surface area contributed by atoms with Crippen LogP contribution in [0.1, 0.15) is 38.9 Å². The van der Waals surface area contributed by atoms with Crippen molar-refractivity contribution in [3.63, 3.8) is 0 Å². The normalized spacial score (nSPS) is 15.1. The monoisotopic (exact) mass is 807 g/mol. The minimum absolute atomic E-state index is 0.0820. The summed E-state index contributed by atoms with van der Waals surface area (Å²) in [6.07, 6.45) is 7.69. The Morgan fingerprint density at radius 2 is 1.22 bits per heavy atom. The van der Waals surface area contributed by atoms with Crippen molar-refractivity contribution in [3.05, 3.63) is 251 Å². The lowest BCUT2D eigenvalue weighted by molar-refractivity contribution is -0.114. The molecule has 2 aliphatic carbocycles. The molecule has 4 nitrogen and oxygen atoms in total. The Morgan fingerprint density at radius 1 is 0.540 bits per heavy atom. The van der Waals surface area contributed by atoms with Gasteiger partial charge in [0, 0.05) is 28.5 Å². The van der Waals surface area contributed by atoms with Gasteiger partial charge in [-0.1, -0.05) is 170 Å². The van der Waals surface area contributed by atoms with Crippen molar-refractivity contribution in [1.29, 1.82) is 0 Å². The van der Waals surface area contributed by atoms with Crippen molar-refractivity contribution in [3.8, 4) is 33.5 Å². The largest absolute Gasteiger partial charge is 0.294 e. The van der Waals surface area contributed by atoms with Crippen molar-refractivity contribution in [2.24, 2.45) is 9.98 Å². The lowest BCUT2D eigenvalue weighted by atomic mass is 9.79. The summed E-state index contributed by atoms with van der Waals surface area (Å²) < 4.78 is 0. The van der Waals surface area contributed by atoms with Crippen LogP contribution in [-0.2, 0) is 24.1 Å². The number of benzene rings is 7. The molecule has 11 rings (SSSR count). The number of aliphatic imine (C=N–C) groups is 2. The van der Waals surface area contributed by atoms with Crippen LogP contribution in [0, 0.1) is 0 Å². The van der Waals surface area contributed by atoms with Gasteiger partial charge in [-0.3, -0.25) is 4.79 Å². The van der Waals surface area contributed by atoms with Crippen molar-refractivity contribution >= 4 is 45.1 Å². The van der Waals surface area contributed by atoms with Crippen LogP contribution >= 0.6 is 0 Å². The van der Waals surface area contributed by atoms with Crippen molar-refractivity contribution in [1.82, 2.24) is 4.98 Å². The predicted octanol–water partition coefficient (Wildman–Crippen LogP) is 13.4. The molecule has 1 aromatic heterocycles. The zero-order valence-electron chi connectivity index (χ0n) is 34.6. The first-order valence-corrected chi connectivity index (χ1v) is 21.4. The second-order valence-corrected chi connectivity index (χ2v) is 16.4. The zero-order valence-corrected chi connectivity index (χ0v) is 34.6. The molecule has 0 N–H and O–H groups in total. The number of hydrogen-bond donors (Lipinski definition) is 0. The summed E-state index contributed by atoms with van der Waals surface area (Å²) in [5.74, 6) is 0.713. The van der Waals surface area contributed by atoms with Crippen LogP contribution in [0.3, 0.4) is 0 Å². The van der Waals surface area contributed by atoms with Gasteiger partial charge < -0.3 is 0 Å². The highest BCUT2D eigenvalue weighted by molar-refractivity contribution is 6.22. The van der Waals surface area contributed by atoms with Crippen LogP contribution in [0.2, 0.25) is 0 Å². The van der Waals surface area contributed by atoms with Crippen LogP contribution in [0.15, 0.2) is 222 Å². The maximum Gasteiger partial charge on any atom is 0.160 e. The number of fused-ring (bicyclic) bond motifs is 7. The van der Waals surface area contributed by atoms with E-state index in [9.17, 15) is 4.79 Å². The molecule has 0 fully saturated rings. The zero-order chi connectivity index (χ0) is 42.3. The number of para-hydroxylation sites is 1. The van der Waals surface area contributed by atoms with Crippen LogP contribution in [0.4, 0.5) is 0 Å². The highest BCUT2D eigenvalue weighted by Crippen LogP contribution is 2.45. The highest BCUT2D eigenvalue weighted by Gasteiger charge is 2.26. The molecule has 7 aromatic carbocycles. The molecule has 3 aliphatic rings. The number of hydrogen-bond acceptors (Lipinski definition) is 4. The summed E-state index contributed by atoms with van der Waals surface area (Å²) in [5.41, 5.74) is 19.5. The summed E-state index contributed by atoms with van der Waals surface area (Å²) >= 11 is 0. The van der Waals surface area contributed by atoms with Gasteiger partial charge in [0.25, 0.3) is 0 Å². The minimum Gasteiger partial charge on any atom is -0.294 e. The molecule has 298 valence electrons. The molecule has 1 aliphatic heterocycles. The number of carbonyl (C=O) groups is 1. The van der Waals surface area contributed by atoms with Gasteiger partial charge in [0.2, 0.25) is 0 Å². The summed E-state index contributed by atoms with van der Waals surface area (Å²) in [6, 6.07) is 63.2. The Kier molecular flexibility index (Phi) is 9.67. The molecule has 8 aromatic rings. The molecule has 0 unspecified atom stereocenters. The number of aromatic nitrogens is 1. The van der Waals surface area contributed by atoms with E-state index in [1.54, 1.807) is 0 Å². The second-order valence-electron chi connectivity index (χ2n) is 16.4. The van der Waals surface area contributed by atoms with E-state index in [2.05, 4.69) is 140 Å². The van der Waals surface area contributed by atoms with E-state index in [4.69, 9.17) is 15.0 Å². The second kappa shape index (κ2) is 16.1. The average Bonchev–Trinajstić information content (AvgIpc) is 3.49. The SMILES string of the molecule is C=C1C=C(c2ccccc2)N=C(/C=C2/Cc3ccc(-c4cccc5c4-c4nc6ccccc6cc4CC(=O)C=C5Cc4ccccc4)cc3-c3ccccc32)N=C1c1ccccc1. The molecule has 0 radical (unpaired) electrons. The fourth-order valence-corrected chi connectivity index (χ4v) is 9.30. The number of ketones is 1. The minimum atomic E-state index is 0.0820. The van der Waals surface area contributed by atoms with Gasteiger partial charge in [-0.15, -0.1) is 0 Å². The van der Waals surface area contributed by atoms with Gasteiger partial charge >= 0.3 is 0 Å². The van der Waals surface area contributed by atoms with Crippen molar-refractivity contribution in [2.75, 3.05) is 0 Å². The van der Waals surface area contributed by atoms with Crippen molar-refractivity contribution < 1.29 is 4.79 Å². The smallest absolute Gasteiger partial charge is 0.160 e. The first kappa shape index (κ1) is 37.9. The molecular formula is C59H41N3O. The number of rotatable bonds is 6. The molecule has 63 heavy (non-hydrogen) atoms. The molecule has 0 bridgehead atoms. The first-order valence-electron chi connectivity index (χ1n) is 21.4. The Morgan fingerprint density at radius 3 is 2.03 bits per heavy atom. The molecule has 0 saturated heterocycles. The molecule has 4 heteroatoms. The standard InChI is InChI=1S/C59H41N3O/c1-38-30-55(40-18-7-3-8-19-40)60-56(62-58(38)41-20-9-4-10-21-41)37-46-32-42-28-29-43(36-53(42)52-24-13-12-23-49(46)52)50-25-15-26-51-45(31-39-16-5-2-6-17-39)34-48(63)35-47-33-44-22-11-14-27-54(44)61-59(47)57(50)51/h2-30,33-34,36-37H,1,31-32,35H2/b45-34?,46-37-. The van der Waals surface area contributed by atoms with Crippen LogP contribution in [-0.4, -0.2) is 22.3 Å². The van der Waals surface area contributed by atoms with Gasteiger partial charge in [-0.05, 0) is 116 Å². The third-order valence-corrected chi connectivity index (χ3v) is 12.2. The highest BCUT2D eigenvalue weighted by atomic mass is 16.1. The van der Waals surface area contributed by atoms with E-state index in [0.717, 1.165) is 100 Å². The molecule has 0 spiro atoms. The van der Waals surface area contributed by atoms with Crippen molar-refractivity contribution in [2.45, 2.75) is 19.3 Å². The summed E-state index contributed by atoms with van der Waals surface area (Å²) in [4.78, 5) is 29.6. The summed E-state index contributed by atoms with van der Waals surface area (Å²) in [6.45, 7) is 4.45. The number of nitrogens with zero attached hydrogens (tertiary/aromatic N) is 3. The fourth-order valence-electron chi connectivity index (χ4n) is 9.30. The predicted molar refractivity (Wildman–Crippen MR) is 261 cm³/mol. The lowest BCUT2D eigenvalue weighted by Gasteiger charge is -2.25. The van der Waals surface area contributed by atoms with Crippen LogP contribution < -0.4 is 0 Å². The third-order valence-electron chi connectivity index (χ3n) is 12.2. The quantitative estimate of drug-likeness (QED) is 0.168. The molecular weight excluding hydrogens is 767 g/mol. The molecule has 0 atom stereocenters. The third kappa shape index (κ3) is 7.32. The van der Waals surface area contributed by atoms with Crippen LogP contribution in [0.25, 0.3) is 61.3 Å². The number of carbonyl (C=O) groups excluding carboxylic acids is 1. The van der Waals surface area contributed by atoms with Gasteiger partial charge in [-0.2, -0.15) is 0 Å². The van der Waals surface area contributed by atoms with Gasteiger partial charge in [0.15, 0.2) is 11.6 Å². The van der Waals surface area contributed by atoms with E-state index in [1.165, 1.54) is 11.1 Å². The van der Waals surface area contributed by atoms with E-state index in [1.807, 2.05) is 66.7 Å².